The van der Waals surface area contributed by atoms with E-state index in [1.165, 1.54) is 0 Å². The van der Waals surface area contributed by atoms with Gasteiger partial charge in [0.1, 0.15) is 0 Å². The second-order valence-electron chi connectivity index (χ2n) is 4.81. The fraction of sp³-hybridized carbons (Fsp3) is 1.00. The molecule has 1 aliphatic heterocycles. The minimum atomic E-state index is -0.168. The molecule has 0 radical (unpaired) electrons. The van der Waals surface area contributed by atoms with Gasteiger partial charge in [-0.15, -0.1) is 0 Å². The third-order valence-corrected chi connectivity index (χ3v) is 2.98. The van der Waals surface area contributed by atoms with Crippen molar-refractivity contribution < 1.29 is 9.84 Å². The highest BCUT2D eigenvalue weighted by Gasteiger charge is 2.31. The lowest BCUT2D eigenvalue weighted by atomic mass is 10.2. The third kappa shape index (κ3) is 4.07. The molecule has 0 aromatic rings. The van der Waals surface area contributed by atoms with Crippen LogP contribution in [-0.2, 0) is 4.74 Å². The van der Waals surface area contributed by atoms with Crippen LogP contribution in [0.25, 0.3) is 0 Å². The van der Waals surface area contributed by atoms with Crippen molar-refractivity contribution in [2.75, 3.05) is 40.8 Å². The summed E-state index contributed by atoms with van der Waals surface area (Å²) in [4.78, 5) is 4.51. The zero-order valence-corrected chi connectivity index (χ0v) is 10.3. The fourth-order valence-corrected chi connectivity index (χ4v) is 2.20. The van der Waals surface area contributed by atoms with Gasteiger partial charge in [-0.05, 0) is 27.4 Å². The number of nitrogens with zero attached hydrogens (tertiary/aromatic N) is 2. The Hall–Kier alpha value is -0.160. The monoisotopic (exact) mass is 216 g/mol. The highest BCUT2D eigenvalue weighted by Crippen LogP contribution is 2.18. The van der Waals surface area contributed by atoms with Crippen LogP contribution >= 0.6 is 0 Å². The number of rotatable bonds is 5. The van der Waals surface area contributed by atoms with E-state index in [0.717, 1.165) is 26.1 Å². The molecular weight excluding hydrogens is 192 g/mol. The first kappa shape index (κ1) is 12.9. The summed E-state index contributed by atoms with van der Waals surface area (Å²) < 4.78 is 5.26. The largest absolute Gasteiger partial charge is 0.392 e. The second kappa shape index (κ2) is 5.80. The maximum Gasteiger partial charge on any atom is 0.0682 e. The Kier molecular flexibility index (Phi) is 4.99. The molecule has 1 aliphatic rings. The van der Waals surface area contributed by atoms with Gasteiger partial charge in [-0.25, -0.2) is 0 Å². The van der Waals surface area contributed by atoms with Crippen molar-refractivity contribution in [1.82, 2.24) is 9.80 Å². The van der Waals surface area contributed by atoms with Crippen molar-refractivity contribution in [3.05, 3.63) is 0 Å². The molecular formula is C11H24N2O2. The first-order chi connectivity index (χ1) is 7.02. The summed E-state index contributed by atoms with van der Waals surface area (Å²) in [6.45, 7) is 4.77. The molecule has 15 heavy (non-hydrogen) atoms. The van der Waals surface area contributed by atoms with E-state index in [1.54, 1.807) is 7.11 Å². The van der Waals surface area contributed by atoms with Gasteiger partial charge in [0.2, 0.25) is 0 Å². The normalized spacial score (nSPS) is 30.0. The lowest BCUT2D eigenvalue weighted by Crippen LogP contribution is -2.41. The van der Waals surface area contributed by atoms with Gasteiger partial charge in [-0.2, -0.15) is 0 Å². The van der Waals surface area contributed by atoms with E-state index in [4.69, 9.17) is 4.74 Å². The average Bonchev–Trinajstić information content (AvgIpc) is 2.45. The molecule has 90 valence electrons. The molecule has 1 N–H and O–H groups in total. The zero-order chi connectivity index (χ0) is 11.4. The average molecular weight is 216 g/mol. The van der Waals surface area contributed by atoms with E-state index in [2.05, 4.69) is 30.8 Å². The molecule has 4 heteroatoms. The van der Waals surface area contributed by atoms with Crippen LogP contribution in [0.2, 0.25) is 0 Å². The molecule has 0 aromatic carbocycles. The Balaban J connectivity index is 2.45. The number of likely N-dealkylation sites (N-methyl/N-ethyl adjacent to an activating group) is 1. The number of methoxy groups -OCH3 is 1. The van der Waals surface area contributed by atoms with E-state index < -0.39 is 0 Å². The highest BCUT2D eigenvalue weighted by molar-refractivity contribution is 4.87. The molecule has 0 aliphatic carbocycles. The maximum absolute atomic E-state index is 9.67. The lowest BCUT2D eigenvalue weighted by Gasteiger charge is -2.28. The topological polar surface area (TPSA) is 35.9 Å². The summed E-state index contributed by atoms with van der Waals surface area (Å²) in [6, 6.07) is 0.465. The van der Waals surface area contributed by atoms with Crippen LogP contribution in [0.5, 0.6) is 0 Å². The molecule has 0 spiro atoms. The molecule has 3 atom stereocenters. The predicted octanol–water partition coefficient (Wildman–Crippen LogP) is 0.0181. The number of likely N-dealkylation sites (tertiary alicyclic amines) is 1. The maximum atomic E-state index is 9.67. The second-order valence-corrected chi connectivity index (χ2v) is 4.81. The standard InChI is InChI=1S/C11H24N2O2/c1-9(15-4)6-13-8-11(14)5-10(13)7-12(2)3/h9-11,14H,5-8H2,1-4H3. The van der Waals surface area contributed by atoms with E-state index in [-0.39, 0.29) is 12.2 Å². The molecule has 3 unspecified atom stereocenters. The number of hydrogen-bond acceptors (Lipinski definition) is 4. The Morgan fingerprint density at radius 1 is 1.53 bits per heavy atom. The number of β-amino-alcohol motifs (C(OH)–C–C–N with tert-alkyl or cyclic N) is 1. The predicted molar refractivity (Wildman–Crippen MR) is 61.0 cm³/mol. The van der Waals surface area contributed by atoms with Crippen molar-refractivity contribution in [3.63, 3.8) is 0 Å². The van der Waals surface area contributed by atoms with Gasteiger partial charge in [-0.1, -0.05) is 0 Å². The van der Waals surface area contributed by atoms with Gasteiger partial charge < -0.3 is 14.7 Å². The van der Waals surface area contributed by atoms with Crippen molar-refractivity contribution in [3.8, 4) is 0 Å². The Morgan fingerprint density at radius 2 is 2.20 bits per heavy atom. The molecule has 0 saturated carbocycles. The van der Waals surface area contributed by atoms with Crippen molar-refractivity contribution in [2.45, 2.75) is 31.6 Å². The summed E-state index contributed by atoms with van der Waals surface area (Å²) in [5, 5.41) is 9.67. The van der Waals surface area contributed by atoms with E-state index in [9.17, 15) is 5.11 Å². The summed E-state index contributed by atoms with van der Waals surface area (Å²) in [6.07, 6.45) is 0.952. The number of aliphatic hydroxyl groups is 1. The SMILES string of the molecule is COC(C)CN1CC(O)CC1CN(C)C. The van der Waals surface area contributed by atoms with E-state index in [1.807, 2.05) is 0 Å². The molecule has 4 nitrogen and oxygen atoms in total. The lowest BCUT2D eigenvalue weighted by molar-refractivity contribution is 0.0647. The van der Waals surface area contributed by atoms with Gasteiger partial charge in [0.25, 0.3) is 0 Å². The third-order valence-electron chi connectivity index (χ3n) is 2.98. The van der Waals surface area contributed by atoms with Crippen LogP contribution in [0, 0.1) is 0 Å². The number of hydrogen-bond donors (Lipinski definition) is 1. The van der Waals surface area contributed by atoms with Crippen molar-refractivity contribution in [1.29, 1.82) is 0 Å². The van der Waals surface area contributed by atoms with Crippen LogP contribution in [0.1, 0.15) is 13.3 Å². The summed E-state index contributed by atoms with van der Waals surface area (Å²) in [5.74, 6) is 0. The van der Waals surface area contributed by atoms with Gasteiger partial charge in [-0.3, -0.25) is 4.90 Å². The van der Waals surface area contributed by atoms with Gasteiger partial charge in [0.05, 0.1) is 12.2 Å². The van der Waals surface area contributed by atoms with E-state index in [0.29, 0.717) is 6.04 Å². The zero-order valence-electron chi connectivity index (χ0n) is 10.3. The Labute approximate surface area is 92.8 Å². The van der Waals surface area contributed by atoms with Crippen LogP contribution in [0.4, 0.5) is 0 Å². The van der Waals surface area contributed by atoms with Crippen molar-refractivity contribution in [2.24, 2.45) is 0 Å². The van der Waals surface area contributed by atoms with Crippen LogP contribution in [0.3, 0.4) is 0 Å². The fourth-order valence-electron chi connectivity index (χ4n) is 2.20. The summed E-state index contributed by atoms with van der Waals surface area (Å²) in [7, 11) is 5.88. The number of ether oxygens (including phenoxy) is 1. The number of aliphatic hydroxyl groups excluding tert-OH is 1. The highest BCUT2D eigenvalue weighted by atomic mass is 16.5. The van der Waals surface area contributed by atoms with Gasteiger partial charge in [0, 0.05) is 32.8 Å². The summed E-state index contributed by atoms with van der Waals surface area (Å²) >= 11 is 0. The Morgan fingerprint density at radius 3 is 2.73 bits per heavy atom. The minimum Gasteiger partial charge on any atom is -0.392 e. The molecule has 0 aromatic heterocycles. The van der Waals surface area contributed by atoms with Crippen LogP contribution in [-0.4, -0.2) is 74.0 Å². The molecule has 1 saturated heterocycles. The summed E-state index contributed by atoms with van der Waals surface area (Å²) in [5.41, 5.74) is 0. The minimum absolute atomic E-state index is 0.168. The Bertz CT molecular complexity index is 187. The first-order valence-electron chi connectivity index (χ1n) is 5.62. The first-order valence-corrected chi connectivity index (χ1v) is 5.62. The van der Waals surface area contributed by atoms with Gasteiger partial charge in [0.15, 0.2) is 0 Å². The van der Waals surface area contributed by atoms with Crippen molar-refractivity contribution >= 4 is 0 Å². The molecule has 1 rings (SSSR count). The molecule has 1 heterocycles. The quantitative estimate of drug-likeness (QED) is 0.703. The smallest absolute Gasteiger partial charge is 0.0682 e. The van der Waals surface area contributed by atoms with Gasteiger partial charge >= 0.3 is 0 Å². The molecule has 0 bridgehead atoms. The van der Waals surface area contributed by atoms with Crippen LogP contribution in [0.15, 0.2) is 0 Å². The van der Waals surface area contributed by atoms with E-state index >= 15 is 0 Å². The molecule has 1 fully saturated rings. The molecule has 0 amide bonds. The van der Waals surface area contributed by atoms with Crippen LogP contribution < -0.4 is 0 Å².